The molecule has 2 nitrogen and oxygen atoms in total. The highest BCUT2D eigenvalue weighted by Crippen LogP contribution is 2.35. The van der Waals surface area contributed by atoms with Gasteiger partial charge in [0, 0.05) is 23.1 Å². The van der Waals surface area contributed by atoms with Gasteiger partial charge in [-0.25, -0.2) is 0 Å². The summed E-state index contributed by atoms with van der Waals surface area (Å²) in [7, 11) is 0. The smallest absolute Gasteiger partial charge is 0.122 e. The Bertz CT molecular complexity index is 884. The predicted molar refractivity (Wildman–Crippen MR) is 96.8 cm³/mol. The second kappa shape index (κ2) is 5.65. The number of hydrogen-bond acceptors (Lipinski definition) is 1. The van der Waals surface area contributed by atoms with E-state index in [-0.39, 0.29) is 0 Å². The predicted octanol–water partition coefficient (Wildman–Crippen LogP) is 5.72. The lowest BCUT2D eigenvalue weighted by Crippen LogP contribution is -2.11. The molecule has 0 saturated carbocycles. The van der Waals surface area contributed by atoms with Gasteiger partial charge in [-0.1, -0.05) is 42.5 Å². The first-order chi connectivity index (χ1) is 11.3. The number of para-hydroxylation sites is 2. The summed E-state index contributed by atoms with van der Waals surface area (Å²) in [5.41, 5.74) is 4.75. The van der Waals surface area contributed by atoms with E-state index in [1.165, 1.54) is 11.1 Å². The molecule has 2 aromatic heterocycles. The molecule has 0 aliphatic heterocycles. The quantitative estimate of drug-likeness (QED) is 0.469. The number of aromatic nitrogens is 1. The van der Waals surface area contributed by atoms with Crippen molar-refractivity contribution >= 4 is 22.7 Å². The van der Waals surface area contributed by atoms with Crippen molar-refractivity contribution in [1.82, 2.24) is 4.40 Å². The molecule has 4 aromatic rings. The van der Waals surface area contributed by atoms with Crippen LogP contribution in [0.3, 0.4) is 0 Å². The van der Waals surface area contributed by atoms with E-state index >= 15 is 0 Å². The average molecular weight is 298 g/mol. The van der Waals surface area contributed by atoms with Crippen LogP contribution in [0.2, 0.25) is 0 Å². The summed E-state index contributed by atoms with van der Waals surface area (Å²) in [5, 5.41) is 0. The van der Waals surface area contributed by atoms with Gasteiger partial charge in [-0.05, 0) is 55.0 Å². The fourth-order valence-corrected chi connectivity index (χ4v) is 2.94. The van der Waals surface area contributed by atoms with E-state index in [4.69, 9.17) is 0 Å². The zero-order chi connectivity index (χ0) is 15.6. The zero-order valence-corrected chi connectivity index (χ0v) is 13.1. The van der Waals surface area contributed by atoms with Crippen LogP contribution in [-0.4, -0.2) is 4.40 Å². The van der Waals surface area contributed by atoms with Gasteiger partial charge in [0.15, 0.2) is 0 Å². The van der Waals surface area contributed by atoms with E-state index < -0.39 is 0 Å². The fraction of sp³-hybridized carbons (Fsp3) is 0.0476. The Kier molecular flexibility index (Phi) is 3.35. The summed E-state index contributed by atoms with van der Waals surface area (Å²) in [6.45, 7) is 2.12. The molecule has 0 saturated heterocycles. The highest BCUT2D eigenvalue weighted by atomic mass is 15.2. The number of pyridine rings is 1. The molecular formula is C21H18N2. The maximum atomic E-state index is 2.28. The summed E-state index contributed by atoms with van der Waals surface area (Å²) in [6.07, 6.45) is 2.18. The van der Waals surface area contributed by atoms with Crippen LogP contribution in [0.4, 0.5) is 17.2 Å². The highest BCUT2D eigenvalue weighted by Gasteiger charge is 2.15. The van der Waals surface area contributed by atoms with Crippen LogP contribution < -0.4 is 4.90 Å². The van der Waals surface area contributed by atoms with E-state index in [1.54, 1.807) is 0 Å². The summed E-state index contributed by atoms with van der Waals surface area (Å²) < 4.78 is 2.25. The van der Waals surface area contributed by atoms with Crippen molar-refractivity contribution in [2.24, 2.45) is 0 Å². The summed E-state index contributed by atoms with van der Waals surface area (Å²) in [5.74, 6) is 1.14. The van der Waals surface area contributed by atoms with Crippen LogP contribution in [0, 0.1) is 6.92 Å². The van der Waals surface area contributed by atoms with Gasteiger partial charge in [-0.2, -0.15) is 0 Å². The van der Waals surface area contributed by atoms with Crippen molar-refractivity contribution in [3.63, 3.8) is 0 Å². The number of aryl methyl sites for hydroxylation is 1. The largest absolute Gasteiger partial charge is 0.303 e. The Labute approximate surface area is 136 Å². The summed E-state index contributed by atoms with van der Waals surface area (Å²) in [6, 6.07) is 29.6. The minimum atomic E-state index is 1.14. The maximum absolute atomic E-state index is 2.28. The second-order valence-electron chi connectivity index (χ2n) is 5.70. The monoisotopic (exact) mass is 298 g/mol. The van der Waals surface area contributed by atoms with Gasteiger partial charge in [0.25, 0.3) is 0 Å². The highest BCUT2D eigenvalue weighted by molar-refractivity contribution is 5.77. The van der Waals surface area contributed by atoms with Crippen LogP contribution in [0.25, 0.3) is 5.52 Å². The first-order valence-corrected chi connectivity index (χ1v) is 7.81. The van der Waals surface area contributed by atoms with Crippen molar-refractivity contribution in [3.8, 4) is 0 Å². The third kappa shape index (κ3) is 2.49. The van der Waals surface area contributed by atoms with Crippen LogP contribution in [-0.2, 0) is 0 Å². The first kappa shape index (κ1) is 13.6. The van der Waals surface area contributed by atoms with Crippen LogP contribution >= 0.6 is 0 Å². The van der Waals surface area contributed by atoms with Crippen molar-refractivity contribution in [1.29, 1.82) is 0 Å². The van der Waals surface area contributed by atoms with Gasteiger partial charge in [-0.3, -0.25) is 4.90 Å². The van der Waals surface area contributed by atoms with E-state index in [9.17, 15) is 0 Å². The first-order valence-electron chi connectivity index (χ1n) is 7.81. The molecule has 2 aromatic carbocycles. The molecule has 4 rings (SSSR count). The summed E-state index contributed by atoms with van der Waals surface area (Å²) in [4.78, 5) is 2.28. The standard InChI is InChI=1S/C21H18N2/c1-17-12-13-18-14-15-21(22(18)16-17)23(19-8-4-2-5-9-19)20-10-6-3-7-11-20/h2-16H,1H3. The molecule has 0 amide bonds. The molecule has 112 valence electrons. The minimum absolute atomic E-state index is 1.14. The molecule has 0 radical (unpaired) electrons. The van der Waals surface area contributed by atoms with Crippen molar-refractivity contribution in [2.45, 2.75) is 6.92 Å². The van der Waals surface area contributed by atoms with E-state index in [0.29, 0.717) is 0 Å². The molecule has 2 heteroatoms. The third-order valence-electron chi connectivity index (χ3n) is 4.04. The lowest BCUT2D eigenvalue weighted by molar-refractivity contribution is 1.11. The molecule has 0 unspecified atom stereocenters. The van der Waals surface area contributed by atoms with E-state index in [1.807, 2.05) is 12.1 Å². The lowest BCUT2D eigenvalue weighted by Gasteiger charge is -2.25. The van der Waals surface area contributed by atoms with Crippen LogP contribution in [0.1, 0.15) is 5.56 Å². The van der Waals surface area contributed by atoms with Gasteiger partial charge >= 0.3 is 0 Å². The Balaban J connectivity index is 1.96. The molecule has 0 aliphatic carbocycles. The Morgan fingerprint density at radius 2 is 1.22 bits per heavy atom. The lowest BCUT2D eigenvalue weighted by atomic mass is 10.2. The van der Waals surface area contributed by atoms with Gasteiger partial charge in [0.05, 0.1) is 0 Å². The number of fused-ring (bicyclic) bond motifs is 1. The summed E-state index contributed by atoms with van der Waals surface area (Å²) >= 11 is 0. The maximum Gasteiger partial charge on any atom is 0.122 e. The second-order valence-corrected chi connectivity index (χ2v) is 5.70. The Morgan fingerprint density at radius 1 is 0.652 bits per heavy atom. The topological polar surface area (TPSA) is 7.65 Å². The van der Waals surface area contributed by atoms with Crippen LogP contribution in [0.5, 0.6) is 0 Å². The Morgan fingerprint density at radius 3 is 1.83 bits per heavy atom. The van der Waals surface area contributed by atoms with Gasteiger partial charge < -0.3 is 4.40 Å². The molecule has 0 N–H and O–H groups in total. The number of benzene rings is 2. The molecule has 0 bridgehead atoms. The molecular weight excluding hydrogens is 280 g/mol. The van der Waals surface area contributed by atoms with Gasteiger partial charge in [0.1, 0.15) is 5.82 Å². The van der Waals surface area contributed by atoms with Crippen molar-refractivity contribution in [3.05, 3.63) is 96.7 Å². The normalized spacial score (nSPS) is 10.8. The molecule has 0 spiro atoms. The molecule has 2 heterocycles. The number of anilines is 3. The van der Waals surface area contributed by atoms with Gasteiger partial charge in [0.2, 0.25) is 0 Å². The minimum Gasteiger partial charge on any atom is -0.303 e. The third-order valence-corrected chi connectivity index (χ3v) is 4.04. The number of hydrogen-bond donors (Lipinski definition) is 0. The molecule has 0 fully saturated rings. The fourth-order valence-electron chi connectivity index (χ4n) is 2.94. The molecule has 0 aliphatic rings. The SMILES string of the molecule is Cc1ccc2ccc(N(c3ccccc3)c3ccccc3)n2c1. The Hall–Kier alpha value is -3.00. The molecule has 23 heavy (non-hydrogen) atoms. The number of nitrogens with zero attached hydrogens (tertiary/aromatic N) is 2. The number of rotatable bonds is 3. The van der Waals surface area contributed by atoms with E-state index in [0.717, 1.165) is 17.2 Å². The molecule has 0 atom stereocenters. The van der Waals surface area contributed by atoms with Crippen molar-refractivity contribution in [2.75, 3.05) is 4.90 Å². The zero-order valence-electron chi connectivity index (χ0n) is 13.1. The van der Waals surface area contributed by atoms with E-state index in [2.05, 4.69) is 95.2 Å². The van der Waals surface area contributed by atoms with Gasteiger partial charge in [-0.15, -0.1) is 0 Å². The van der Waals surface area contributed by atoms with Crippen molar-refractivity contribution < 1.29 is 0 Å². The van der Waals surface area contributed by atoms with Crippen LogP contribution in [0.15, 0.2) is 91.1 Å². The average Bonchev–Trinajstić information content (AvgIpc) is 3.00.